The minimum absolute atomic E-state index is 0.121. The fourth-order valence-electron chi connectivity index (χ4n) is 1.27. The second kappa shape index (κ2) is 4.14. The molecule has 82 valence electrons. The van der Waals surface area contributed by atoms with Crippen LogP contribution in [0.4, 0.5) is 0 Å². The van der Waals surface area contributed by atoms with Gasteiger partial charge < -0.3 is 14.4 Å². The van der Waals surface area contributed by atoms with Crippen molar-refractivity contribution in [3.8, 4) is 11.5 Å². The van der Waals surface area contributed by atoms with Gasteiger partial charge in [0, 0.05) is 11.5 Å². The maximum absolute atomic E-state index is 10.3. The zero-order chi connectivity index (χ0) is 11.5. The van der Waals surface area contributed by atoms with Crippen LogP contribution in [0.15, 0.2) is 28.8 Å². The molecule has 0 spiro atoms. The summed E-state index contributed by atoms with van der Waals surface area (Å²) in [7, 11) is 0. The average Bonchev–Trinajstić information content (AvgIpc) is 2.66. The third kappa shape index (κ3) is 2.25. The lowest BCUT2D eigenvalue weighted by Gasteiger charge is -1.95. The zero-order valence-electron chi connectivity index (χ0n) is 8.64. The smallest absolute Gasteiger partial charge is 0.257 e. The van der Waals surface area contributed by atoms with Crippen molar-refractivity contribution in [3.05, 3.63) is 35.7 Å². The molecule has 0 atom stereocenters. The number of aliphatic carboxylic acids is 1. The van der Waals surface area contributed by atoms with Gasteiger partial charge in [-0.1, -0.05) is 22.9 Å². The molecule has 16 heavy (non-hydrogen) atoms. The van der Waals surface area contributed by atoms with Gasteiger partial charge in [-0.05, 0) is 19.1 Å². The lowest BCUT2D eigenvalue weighted by Crippen LogP contribution is -2.24. The van der Waals surface area contributed by atoms with Gasteiger partial charge in [0.2, 0.25) is 0 Å². The van der Waals surface area contributed by atoms with E-state index in [-0.39, 0.29) is 12.2 Å². The van der Waals surface area contributed by atoms with Crippen molar-refractivity contribution >= 4 is 5.97 Å². The quantitative estimate of drug-likeness (QED) is 0.740. The Hall–Kier alpha value is -2.17. The predicted octanol–water partition coefficient (Wildman–Crippen LogP) is 0.337. The minimum Gasteiger partial charge on any atom is -0.550 e. The van der Waals surface area contributed by atoms with Gasteiger partial charge in [-0.25, -0.2) is 0 Å². The summed E-state index contributed by atoms with van der Waals surface area (Å²) in [6.07, 6.45) is -0.338. The number of nitrogens with zero attached hydrogens (tertiary/aromatic N) is 2. The number of carbonyl (C=O) groups is 1. The van der Waals surface area contributed by atoms with E-state index < -0.39 is 5.97 Å². The van der Waals surface area contributed by atoms with Crippen molar-refractivity contribution < 1.29 is 14.4 Å². The topological polar surface area (TPSA) is 79.0 Å². The van der Waals surface area contributed by atoms with Crippen molar-refractivity contribution in [1.82, 2.24) is 10.1 Å². The van der Waals surface area contributed by atoms with Crippen molar-refractivity contribution in [3.63, 3.8) is 0 Å². The molecule has 0 radical (unpaired) electrons. The number of aromatic nitrogens is 2. The number of hydrogen-bond acceptors (Lipinski definition) is 5. The number of hydrogen-bond donors (Lipinski definition) is 0. The Bertz CT molecular complexity index is 502. The molecular formula is C11H9N2O3-. The molecule has 5 nitrogen and oxygen atoms in total. The van der Waals surface area contributed by atoms with Crippen LogP contribution in [-0.4, -0.2) is 16.1 Å². The van der Waals surface area contributed by atoms with Gasteiger partial charge in [-0.3, -0.25) is 0 Å². The van der Waals surface area contributed by atoms with Gasteiger partial charge in [0.15, 0.2) is 5.82 Å². The van der Waals surface area contributed by atoms with Gasteiger partial charge in [0.25, 0.3) is 5.89 Å². The highest BCUT2D eigenvalue weighted by Crippen LogP contribution is 2.17. The second-order valence-corrected chi connectivity index (χ2v) is 3.43. The van der Waals surface area contributed by atoms with E-state index in [1.807, 2.05) is 31.2 Å². The van der Waals surface area contributed by atoms with Crippen molar-refractivity contribution in [2.75, 3.05) is 0 Å². The Balaban J connectivity index is 2.24. The van der Waals surface area contributed by atoms with Gasteiger partial charge in [-0.15, -0.1) is 0 Å². The Morgan fingerprint density at radius 2 is 2.06 bits per heavy atom. The number of carboxylic acids is 1. The lowest BCUT2D eigenvalue weighted by atomic mass is 10.1. The number of benzene rings is 1. The lowest BCUT2D eigenvalue weighted by molar-refractivity contribution is -0.304. The standard InChI is InChI=1S/C11H10N2O3/c1-7-2-4-8(5-3-7)11-12-9(13-16-11)6-10(14)15/h2-5H,6H2,1H3,(H,14,15)/p-1. The van der Waals surface area contributed by atoms with Crippen LogP contribution >= 0.6 is 0 Å². The van der Waals surface area contributed by atoms with Crippen LogP contribution in [-0.2, 0) is 11.2 Å². The molecule has 0 saturated carbocycles. The van der Waals surface area contributed by atoms with Crippen LogP contribution in [0, 0.1) is 6.92 Å². The first-order valence-corrected chi connectivity index (χ1v) is 4.74. The monoisotopic (exact) mass is 217 g/mol. The summed E-state index contributed by atoms with van der Waals surface area (Å²) in [6.45, 7) is 1.97. The summed E-state index contributed by atoms with van der Waals surface area (Å²) in [5.41, 5.74) is 1.89. The molecule has 1 heterocycles. The van der Waals surface area contributed by atoms with E-state index in [4.69, 9.17) is 4.52 Å². The second-order valence-electron chi connectivity index (χ2n) is 3.43. The Morgan fingerprint density at radius 3 is 2.69 bits per heavy atom. The van der Waals surface area contributed by atoms with Crippen molar-refractivity contribution in [1.29, 1.82) is 0 Å². The fourth-order valence-corrected chi connectivity index (χ4v) is 1.27. The zero-order valence-corrected chi connectivity index (χ0v) is 8.64. The van der Waals surface area contributed by atoms with Crippen LogP contribution in [0.3, 0.4) is 0 Å². The maximum Gasteiger partial charge on any atom is 0.257 e. The molecule has 0 bridgehead atoms. The summed E-state index contributed by atoms with van der Waals surface area (Å²) >= 11 is 0. The van der Waals surface area contributed by atoms with E-state index in [9.17, 15) is 9.90 Å². The predicted molar refractivity (Wildman–Crippen MR) is 53.2 cm³/mol. The Labute approximate surface area is 91.7 Å². The average molecular weight is 217 g/mol. The fraction of sp³-hybridized carbons (Fsp3) is 0.182. The molecule has 2 aromatic rings. The van der Waals surface area contributed by atoms with E-state index in [1.165, 1.54) is 0 Å². The normalized spacial score (nSPS) is 10.3. The molecule has 0 saturated heterocycles. The van der Waals surface area contributed by atoms with E-state index in [1.54, 1.807) is 0 Å². The number of carboxylic acid groups (broad SMARTS) is 1. The third-order valence-corrected chi connectivity index (χ3v) is 2.07. The van der Waals surface area contributed by atoms with Gasteiger partial charge in [-0.2, -0.15) is 4.98 Å². The molecule has 2 rings (SSSR count). The van der Waals surface area contributed by atoms with Crippen LogP contribution in [0.25, 0.3) is 11.5 Å². The molecule has 0 N–H and O–H groups in total. The van der Waals surface area contributed by atoms with Crippen LogP contribution in [0.5, 0.6) is 0 Å². The molecule has 0 fully saturated rings. The third-order valence-electron chi connectivity index (χ3n) is 2.07. The molecule has 0 aliphatic carbocycles. The molecular weight excluding hydrogens is 208 g/mol. The maximum atomic E-state index is 10.3. The number of carbonyl (C=O) groups excluding carboxylic acids is 1. The highest BCUT2D eigenvalue weighted by atomic mass is 16.5. The molecule has 1 aromatic carbocycles. The summed E-state index contributed by atoms with van der Waals surface area (Å²) < 4.78 is 4.94. The van der Waals surface area contributed by atoms with Crippen LogP contribution < -0.4 is 5.11 Å². The Morgan fingerprint density at radius 1 is 1.38 bits per heavy atom. The summed E-state index contributed by atoms with van der Waals surface area (Å²) in [5.74, 6) is -0.789. The summed E-state index contributed by atoms with van der Waals surface area (Å²) in [4.78, 5) is 14.3. The summed E-state index contributed by atoms with van der Waals surface area (Å²) in [5, 5.41) is 13.9. The van der Waals surface area contributed by atoms with E-state index in [2.05, 4.69) is 10.1 Å². The highest BCUT2D eigenvalue weighted by molar-refractivity contribution is 5.66. The van der Waals surface area contributed by atoms with E-state index in [0.717, 1.165) is 11.1 Å². The minimum atomic E-state index is -1.23. The number of rotatable bonds is 3. The van der Waals surface area contributed by atoms with E-state index >= 15 is 0 Å². The molecule has 0 unspecified atom stereocenters. The Kier molecular flexibility index (Phi) is 2.68. The van der Waals surface area contributed by atoms with Gasteiger partial charge in [0.1, 0.15) is 0 Å². The molecule has 1 aromatic heterocycles. The molecule has 0 amide bonds. The van der Waals surface area contributed by atoms with Gasteiger partial charge >= 0.3 is 0 Å². The molecule has 0 aliphatic heterocycles. The first kappa shape index (κ1) is 10.4. The largest absolute Gasteiger partial charge is 0.550 e. The van der Waals surface area contributed by atoms with E-state index in [0.29, 0.717) is 5.89 Å². The molecule has 0 aliphatic rings. The SMILES string of the molecule is Cc1ccc(-c2nc(CC(=O)[O-])no2)cc1. The van der Waals surface area contributed by atoms with Crippen LogP contribution in [0.1, 0.15) is 11.4 Å². The summed E-state index contributed by atoms with van der Waals surface area (Å²) in [6, 6.07) is 7.51. The first-order chi connectivity index (χ1) is 7.65. The van der Waals surface area contributed by atoms with Crippen molar-refractivity contribution in [2.45, 2.75) is 13.3 Å². The first-order valence-electron chi connectivity index (χ1n) is 4.74. The van der Waals surface area contributed by atoms with Crippen LogP contribution in [0.2, 0.25) is 0 Å². The molecule has 5 heteroatoms. The van der Waals surface area contributed by atoms with Crippen molar-refractivity contribution in [2.24, 2.45) is 0 Å². The highest BCUT2D eigenvalue weighted by Gasteiger charge is 2.08. The van der Waals surface area contributed by atoms with Gasteiger partial charge in [0.05, 0.1) is 6.42 Å². The number of aryl methyl sites for hydroxylation is 1.